The van der Waals surface area contributed by atoms with Gasteiger partial charge in [-0.05, 0) is 42.0 Å². The fourth-order valence-electron chi connectivity index (χ4n) is 3.26. The molecule has 0 saturated carbocycles. The van der Waals surface area contributed by atoms with Crippen molar-refractivity contribution in [3.63, 3.8) is 0 Å². The third kappa shape index (κ3) is 2.33. The fraction of sp³-hybridized carbons (Fsp3) is 0.294. The first kappa shape index (κ1) is 14.1. The summed E-state index contributed by atoms with van der Waals surface area (Å²) in [6, 6.07) is 13.2. The molecule has 2 aromatic rings. The van der Waals surface area contributed by atoms with Crippen LogP contribution in [0.2, 0.25) is 0 Å². The van der Waals surface area contributed by atoms with E-state index in [1.165, 1.54) is 12.1 Å². The molecule has 1 aliphatic carbocycles. The smallest absolute Gasteiger partial charge is 0.318 e. The van der Waals surface area contributed by atoms with E-state index in [-0.39, 0.29) is 5.56 Å². The zero-order chi connectivity index (χ0) is 15.1. The summed E-state index contributed by atoms with van der Waals surface area (Å²) < 4.78 is 39.9. The van der Waals surface area contributed by atoms with Gasteiger partial charge in [-0.25, -0.2) is 0 Å². The number of hydrogen-bond acceptors (Lipinski definition) is 1. The lowest BCUT2D eigenvalue weighted by Gasteiger charge is -2.37. The number of alkyl halides is 3. The predicted octanol–water partition coefficient (Wildman–Crippen LogP) is 4.24. The lowest BCUT2D eigenvalue weighted by molar-refractivity contribution is -0.138. The molecule has 3 rings (SSSR count). The summed E-state index contributed by atoms with van der Waals surface area (Å²) in [5.74, 6) is 0. The molecule has 2 aromatic carbocycles. The molecule has 0 heterocycles. The van der Waals surface area contributed by atoms with E-state index in [1.807, 2.05) is 24.3 Å². The SMILES string of the molecule is NC1(c2ccccc2C(F)(F)F)CCCc2ccccc21. The quantitative estimate of drug-likeness (QED) is 0.835. The van der Waals surface area contributed by atoms with E-state index in [0.717, 1.165) is 30.0 Å². The van der Waals surface area contributed by atoms with Gasteiger partial charge in [0.15, 0.2) is 0 Å². The third-order valence-corrected chi connectivity index (χ3v) is 4.23. The van der Waals surface area contributed by atoms with Crippen molar-refractivity contribution < 1.29 is 13.2 Å². The number of nitrogens with two attached hydrogens (primary N) is 1. The largest absolute Gasteiger partial charge is 0.416 e. The van der Waals surface area contributed by atoms with Crippen molar-refractivity contribution >= 4 is 0 Å². The van der Waals surface area contributed by atoms with Crippen LogP contribution in [0.15, 0.2) is 48.5 Å². The van der Waals surface area contributed by atoms with Crippen molar-refractivity contribution in [3.05, 3.63) is 70.8 Å². The van der Waals surface area contributed by atoms with Gasteiger partial charge < -0.3 is 5.73 Å². The Labute approximate surface area is 121 Å². The van der Waals surface area contributed by atoms with Crippen LogP contribution in [0.25, 0.3) is 0 Å². The molecule has 0 radical (unpaired) electrons. The number of hydrogen-bond donors (Lipinski definition) is 1. The molecular weight excluding hydrogens is 275 g/mol. The fourth-order valence-corrected chi connectivity index (χ4v) is 3.26. The van der Waals surface area contributed by atoms with Gasteiger partial charge in [-0.3, -0.25) is 0 Å². The van der Waals surface area contributed by atoms with E-state index in [1.54, 1.807) is 6.07 Å². The van der Waals surface area contributed by atoms with Crippen molar-refractivity contribution in [1.82, 2.24) is 0 Å². The van der Waals surface area contributed by atoms with Gasteiger partial charge in [0, 0.05) is 0 Å². The van der Waals surface area contributed by atoms with Crippen molar-refractivity contribution in [2.24, 2.45) is 5.73 Å². The Bertz CT molecular complexity index is 663. The average Bonchev–Trinajstić information content (AvgIpc) is 2.47. The molecule has 1 unspecified atom stereocenters. The van der Waals surface area contributed by atoms with E-state index >= 15 is 0 Å². The van der Waals surface area contributed by atoms with Crippen molar-refractivity contribution in [1.29, 1.82) is 0 Å². The molecule has 1 nitrogen and oxygen atoms in total. The van der Waals surface area contributed by atoms with E-state index in [9.17, 15) is 13.2 Å². The Morgan fingerprint density at radius 3 is 2.24 bits per heavy atom. The molecule has 0 saturated heterocycles. The summed E-state index contributed by atoms with van der Waals surface area (Å²) in [4.78, 5) is 0. The standard InChI is InChI=1S/C17H16F3N/c18-17(19,20)15-10-4-3-9-14(15)16(21)11-5-7-12-6-1-2-8-13(12)16/h1-4,6,8-10H,5,7,11,21H2. The van der Waals surface area contributed by atoms with E-state index in [0.29, 0.717) is 6.42 Å². The monoisotopic (exact) mass is 291 g/mol. The molecular formula is C17H16F3N. The van der Waals surface area contributed by atoms with Gasteiger partial charge in [0.2, 0.25) is 0 Å². The van der Waals surface area contributed by atoms with Gasteiger partial charge in [0.25, 0.3) is 0 Å². The molecule has 2 N–H and O–H groups in total. The zero-order valence-electron chi connectivity index (χ0n) is 11.5. The molecule has 1 aliphatic rings. The third-order valence-electron chi connectivity index (χ3n) is 4.23. The first-order chi connectivity index (χ1) is 9.93. The molecule has 0 bridgehead atoms. The summed E-state index contributed by atoms with van der Waals surface area (Å²) in [7, 11) is 0. The molecule has 0 aromatic heterocycles. The minimum atomic E-state index is -4.39. The van der Waals surface area contributed by atoms with Gasteiger partial charge in [0.05, 0.1) is 11.1 Å². The molecule has 110 valence electrons. The molecule has 21 heavy (non-hydrogen) atoms. The van der Waals surface area contributed by atoms with Crippen LogP contribution in [0, 0.1) is 0 Å². The van der Waals surface area contributed by atoms with Crippen LogP contribution in [0.4, 0.5) is 13.2 Å². The lowest BCUT2D eigenvalue weighted by atomic mass is 9.72. The highest BCUT2D eigenvalue weighted by molar-refractivity contribution is 5.48. The molecule has 0 amide bonds. The van der Waals surface area contributed by atoms with Gasteiger partial charge in [0.1, 0.15) is 0 Å². The summed E-state index contributed by atoms with van der Waals surface area (Å²) in [5, 5.41) is 0. The minimum Gasteiger partial charge on any atom is -0.318 e. The second-order valence-electron chi connectivity index (χ2n) is 5.53. The lowest BCUT2D eigenvalue weighted by Crippen LogP contribution is -2.42. The molecule has 0 aliphatic heterocycles. The maximum atomic E-state index is 13.3. The summed E-state index contributed by atoms with van der Waals surface area (Å²) in [6.07, 6.45) is -2.21. The van der Waals surface area contributed by atoms with Gasteiger partial charge in [-0.15, -0.1) is 0 Å². The maximum Gasteiger partial charge on any atom is 0.416 e. The normalized spacial score (nSPS) is 21.9. The highest BCUT2D eigenvalue weighted by atomic mass is 19.4. The summed E-state index contributed by atoms with van der Waals surface area (Å²) >= 11 is 0. The van der Waals surface area contributed by atoms with Gasteiger partial charge in [-0.1, -0.05) is 42.5 Å². The van der Waals surface area contributed by atoms with Crippen LogP contribution in [0.3, 0.4) is 0 Å². The number of aryl methyl sites for hydroxylation is 1. The van der Waals surface area contributed by atoms with Crippen LogP contribution in [0.1, 0.15) is 35.1 Å². The Morgan fingerprint density at radius 2 is 1.52 bits per heavy atom. The highest BCUT2D eigenvalue weighted by Gasteiger charge is 2.42. The minimum absolute atomic E-state index is 0.171. The topological polar surface area (TPSA) is 26.0 Å². The Kier molecular flexibility index (Phi) is 3.29. The van der Waals surface area contributed by atoms with Crippen molar-refractivity contribution in [2.75, 3.05) is 0 Å². The summed E-state index contributed by atoms with van der Waals surface area (Å²) in [6.45, 7) is 0. The van der Waals surface area contributed by atoms with Gasteiger partial charge >= 0.3 is 6.18 Å². The van der Waals surface area contributed by atoms with Crippen LogP contribution in [-0.2, 0) is 18.1 Å². The Hall–Kier alpha value is -1.81. The van der Waals surface area contributed by atoms with Gasteiger partial charge in [-0.2, -0.15) is 13.2 Å². The van der Waals surface area contributed by atoms with Crippen molar-refractivity contribution in [2.45, 2.75) is 31.0 Å². The number of rotatable bonds is 1. The maximum absolute atomic E-state index is 13.3. The second kappa shape index (κ2) is 4.88. The summed E-state index contributed by atoms with van der Waals surface area (Å²) in [5.41, 5.74) is 6.81. The van der Waals surface area contributed by atoms with Crippen LogP contribution < -0.4 is 5.73 Å². The van der Waals surface area contributed by atoms with E-state index < -0.39 is 17.3 Å². The number of halogens is 3. The number of fused-ring (bicyclic) bond motifs is 1. The van der Waals surface area contributed by atoms with Crippen LogP contribution in [-0.4, -0.2) is 0 Å². The highest BCUT2D eigenvalue weighted by Crippen LogP contribution is 2.43. The van der Waals surface area contributed by atoms with Crippen LogP contribution >= 0.6 is 0 Å². The second-order valence-corrected chi connectivity index (χ2v) is 5.53. The van der Waals surface area contributed by atoms with E-state index in [4.69, 9.17) is 5.73 Å². The first-order valence-corrected chi connectivity index (χ1v) is 6.97. The molecule has 0 fully saturated rings. The molecule has 0 spiro atoms. The number of benzene rings is 2. The van der Waals surface area contributed by atoms with Crippen LogP contribution in [0.5, 0.6) is 0 Å². The zero-order valence-corrected chi connectivity index (χ0v) is 11.5. The average molecular weight is 291 g/mol. The molecule has 4 heteroatoms. The van der Waals surface area contributed by atoms with Crippen molar-refractivity contribution in [3.8, 4) is 0 Å². The Balaban J connectivity index is 2.22. The predicted molar refractivity (Wildman–Crippen MR) is 75.8 cm³/mol. The van der Waals surface area contributed by atoms with E-state index in [2.05, 4.69) is 0 Å². The first-order valence-electron chi connectivity index (χ1n) is 6.97. The Morgan fingerprint density at radius 1 is 0.905 bits per heavy atom. The molecule has 1 atom stereocenters.